The molecule has 2 amide bonds. The topological polar surface area (TPSA) is 88.9 Å². The minimum Gasteiger partial charge on any atom is -0.345 e. The summed E-state index contributed by atoms with van der Waals surface area (Å²) in [6.45, 7) is 1.86. The van der Waals surface area contributed by atoms with Gasteiger partial charge in [0.25, 0.3) is 5.91 Å². The van der Waals surface area contributed by atoms with E-state index in [0.29, 0.717) is 21.7 Å². The molecule has 0 spiro atoms. The molecule has 0 atom stereocenters. The van der Waals surface area contributed by atoms with Crippen LogP contribution in [0.25, 0.3) is 5.69 Å². The molecule has 39 heavy (non-hydrogen) atoms. The fraction of sp³-hybridized carbons (Fsp3) is 0.154. The Morgan fingerprint density at radius 1 is 1.00 bits per heavy atom. The lowest BCUT2D eigenvalue weighted by Gasteiger charge is -2.14. The van der Waals surface area contributed by atoms with Gasteiger partial charge in [0.15, 0.2) is 11.0 Å². The van der Waals surface area contributed by atoms with Crippen molar-refractivity contribution in [2.75, 3.05) is 11.1 Å². The number of anilines is 1. The van der Waals surface area contributed by atoms with Gasteiger partial charge < -0.3 is 10.6 Å². The lowest BCUT2D eigenvalue weighted by molar-refractivity contribution is -0.137. The van der Waals surface area contributed by atoms with Crippen LogP contribution in [-0.4, -0.2) is 32.3 Å². The maximum Gasteiger partial charge on any atom is 0.418 e. The van der Waals surface area contributed by atoms with Crippen molar-refractivity contribution >= 4 is 52.5 Å². The summed E-state index contributed by atoms with van der Waals surface area (Å²) < 4.78 is 41.5. The zero-order valence-electron chi connectivity index (χ0n) is 20.2. The van der Waals surface area contributed by atoms with Crippen molar-refractivity contribution in [3.8, 4) is 5.69 Å². The highest BCUT2D eigenvalue weighted by Crippen LogP contribution is 2.34. The van der Waals surface area contributed by atoms with E-state index in [1.54, 1.807) is 16.7 Å². The van der Waals surface area contributed by atoms with Gasteiger partial charge in [-0.1, -0.05) is 59.2 Å². The van der Waals surface area contributed by atoms with Crippen molar-refractivity contribution in [1.29, 1.82) is 0 Å². The number of thioether (sulfide) groups is 1. The Labute approximate surface area is 235 Å². The number of rotatable bonds is 8. The first-order valence-corrected chi connectivity index (χ1v) is 13.1. The number of aryl methyl sites for hydroxylation is 1. The highest BCUT2D eigenvalue weighted by Gasteiger charge is 2.33. The molecule has 0 radical (unpaired) electrons. The molecule has 13 heteroatoms. The third-order valence-corrected chi connectivity index (χ3v) is 6.87. The van der Waals surface area contributed by atoms with Gasteiger partial charge in [-0.15, -0.1) is 10.2 Å². The average Bonchev–Trinajstić information content (AvgIpc) is 3.30. The van der Waals surface area contributed by atoms with E-state index in [0.717, 1.165) is 23.4 Å². The molecule has 0 aliphatic heterocycles. The molecule has 0 aliphatic carbocycles. The van der Waals surface area contributed by atoms with Crippen molar-refractivity contribution in [1.82, 2.24) is 20.1 Å². The van der Waals surface area contributed by atoms with E-state index >= 15 is 0 Å². The molecule has 0 unspecified atom stereocenters. The summed E-state index contributed by atoms with van der Waals surface area (Å²) in [7, 11) is 0. The molecule has 202 valence electrons. The zero-order valence-corrected chi connectivity index (χ0v) is 22.5. The molecule has 3 aromatic carbocycles. The number of benzene rings is 3. The number of alkyl halides is 3. The third kappa shape index (κ3) is 7.11. The number of carbonyl (C=O) groups excluding carboxylic acids is 2. The lowest BCUT2D eigenvalue weighted by Crippen LogP contribution is -2.25. The Morgan fingerprint density at radius 2 is 1.77 bits per heavy atom. The van der Waals surface area contributed by atoms with Crippen LogP contribution in [0.1, 0.15) is 27.3 Å². The first-order chi connectivity index (χ1) is 18.5. The van der Waals surface area contributed by atoms with Gasteiger partial charge in [0.2, 0.25) is 5.91 Å². The van der Waals surface area contributed by atoms with Crippen LogP contribution in [-0.2, 0) is 17.5 Å². The molecule has 0 bridgehead atoms. The third-order valence-electron chi connectivity index (χ3n) is 5.38. The Hall–Kier alpha value is -3.54. The van der Waals surface area contributed by atoms with Crippen LogP contribution in [0.2, 0.25) is 10.0 Å². The number of nitrogens with one attached hydrogen (secondary N) is 2. The summed E-state index contributed by atoms with van der Waals surface area (Å²) in [4.78, 5) is 25.3. The summed E-state index contributed by atoms with van der Waals surface area (Å²) in [5.74, 6) is -1.00. The zero-order chi connectivity index (χ0) is 28.2. The van der Waals surface area contributed by atoms with Crippen LogP contribution in [0.3, 0.4) is 0 Å². The van der Waals surface area contributed by atoms with Gasteiger partial charge >= 0.3 is 6.18 Å². The van der Waals surface area contributed by atoms with Crippen LogP contribution in [0, 0.1) is 6.92 Å². The van der Waals surface area contributed by atoms with Crippen LogP contribution < -0.4 is 10.6 Å². The number of hydrogen-bond acceptors (Lipinski definition) is 5. The lowest BCUT2D eigenvalue weighted by atomic mass is 10.1. The van der Waals surface area contributed by atoms with Gasteiger partial charge in [0.05, 0.1) is 34.1 Å². The number of nitrogens with zero attached hydrogens (tertiary/aromatic N) is 3. The molecule has 0 saturated heterocycles. The van der Waals surface area contributed by atoms with Crippen molar-refractivity contribution in [2.24, 2.45) is 0 Å². The molecule has 4 rings (SSSR count). The van der Waals surface area contributed by atoms with E-state index in [1.165, 1.54) is 30.3 Å². The predicted molar refractivity (Wildman–Crippen MR) is 145 cm³/mol. The highest BCUT2D eigenvalue weighted by molar-refractivity contribution is 7.99. The molecular weight excluding hydrogens is 574 g/mol. The number of carbonyl (C=O) groups is 2. The van der Waals surface area contributed by atoms with Crippen molar-refractivity contribution in [3.63, 3.8) is 0 Å². The molecule has 1 heterocycles. The second-order valence-corrected chi connectivity index (χ2v) is 10.0. The quantitative estimate of drug-likeness (QED) is 0.226. The number of amides is 2. The molecule has 0 saturated carbocycles. The van der Waals surface area contributed by atoms with E-state index in [1.807, 2.05) is 25.1 Å². The normalized spacial score (nSPS) is 11.3. The minimum atomic E-state index is -4.61. The maximum absolute atomic E-state index is 13.3. The van der Waals surface area contributed by atoms with Gasteiger partial charge in [-0.2, -0.15) is 13.2 Å². The smallest absolute Gasteiger partial charge is 0.345 e. The summed E-state index contributed by atoms with van der Waals surface area (Å²) in [5, 5.41) is 14.3. The van der Waals surface area contributed by atoms with Crippen LogP contribution >= 0.6 is 35.0 Å². The number of para-hydroxylation sites is 1. The van der Waals surface area contributed by atoms with Gasteiger partial charge in [0, 0.05) is 10.7 Å². The molecule has 2 N–H and O–H groups in total. The first kappa shape index (κ1) is 28.5. The number of hydrogen-bond donors (Lipinski definition) is 2. The summed E-state index contributed by atoms with van der Waals surface area (Å²) in [6, 6.07) is 16.7. The Bertz CT molecular complexity index is 1530. The number of aromatic nitrogens is 3. The fourth-order valence-electron chi connectivity index (χ4n) is 3.62. The van der Waals surface area contributed by atoms with E-state index < -0.39 is 23.6 Å². The van der Waals surface area contributed by atoms with Gasteiger partial charge in [-0.05, 0) is 55.0 Å². The van der Waals surface area contributed by atoms with Crippen LogP contribution in [0.15, 0.2) is 71.9 Å². The maximum atomic E-state index is 13.3. The van der Waals surface area contributed by atoms with E-state index in [-0.39, 0.29) is 28.6 Å². The second-order valence-electron chi connectivity index (χ2n) is 8.26. The van der Waals surface area contributed by atoms with Gasteiger partial charge in [-0.25, -0.2) is 0 Å². The molecular formula is C26H20Cl2F3N5O2S. The molecule has 0 aliphatic rings. The second kappa shape index (κ2) is 12.1. The average molecular weight is 594 g/mol. The van der Waals surface area contributed by atoms with E-state index in [2.05, 4.69) is 20.8 Å². The van der Waals surface area contributed by atoms with Crippen LogP contribution in [0.5, 0.6) is 0 Å². The Balaban J connectivity index is 1.53. The van der Waals surface area contributed by atoms with Gasteiger partial charge in [-0.3, -0.25) is 14.2 Å². The molecule has 7 nitrogen and oxygen atoms in total. The van der Waals surface area contributed by atoms with Crippen LogP contribution in [0.4, 0.5) is 18.9 Å². The summed E-state index contributed by atoms with van der Waals surface area (Å²) in [6.07, 6.45) is -4.61. The van der Waals surface area contributed by atoms with Crippen molar-refractivity contribution in [2.45, 2.75) is 24.8 Å². The summed E-state index contributed by atoms with van der Waals surface area (Å²) in [5.41, 5.74) is 0.536. The Kier molecular flexibility index (Phi) is 8.83. The van der Waals surface area contributed by atoms with Crippen molar-refractivity contribution in [3.05, 3.63) is 99.3 Å². The molecule has 1 aromatic heterocycles. The van der Waals surface area contributed by atoms with Crippen molar-refractivity contribution < 1.29 is 22.8 Å². The first-order valence-electron chi connectivity index (χ1n) is 11.4. The Morgan fingerprint density at radius 3 is 2.51 bits per heavy atom. The molecule has 0 fully saturated rings. The van der Waals surface area contributed by atoms with E-state index in [4.69, 9.17) is 23.2 Å². The number of halogens is 5. The minimum absolute atomic E-state index is 0.0334. The largest absolute Gasteiger partial charge is 0.418 e. The monoisotopic (exact) mass is 593 g/mol. The SMILES string of the molecule is Cc1cccc(-n2c(CNC(=O)c3cc(Cl)ccc3Cl)nnc2SCC(=O)Nc2ccccc2C(F)(F)F)c1. The van der Waals surface area contributed by atoms with Gasteiger partial charge in [0.1, 0.15) is 0 Å². The predicted octanol–water partition coefficient (Wildman–Crippen LogP) is 6.56. The molecule has 4 aromatic rings. The van der Waals surface area contributed by atoms with E-state index in [9.17, 15) is 22.8 Å². The standard InChI is InChI=1S/C26H20Cl2F3N5O2S/c1-15-5-4-6-17(11-15)36-22(13-32-24(38)18-12-16(27)9-10-20(18)28)34-35-25(36)39-14-23(37)33-21-8-3-2-7-19(21)26(29,30)31/h2-12H,13-14H2,1H3,(H,32,38)(H,33,37). The highest BCUT2D eigenvalue weighted by atomic mass is 35.5. The summed E-state index contributed by atoms with van der Waals surface area (Å²) >= 11 is 13.1. The fourth-order valence-corrected chi connectivity index (χ4v) is 4.76.